The highest BCUT2D eigenvalue weighted by Crippen LogP contribution is 2.47. The molecule has 0 aromatic carbocycles. The maximum Gasteiger partial charge on any atom is 0.0658 e. The second-order valence-corrected chi connectivity index (χ2v) is 7.72. The van der Waals surface area contributed by atoms with Gasteiger partial charge in [-0.15, -0.1) is 0 Å². The van der Waals surface area contributed by atoms with E-state index in [1.54, 1.807) is 0 Å². The Labute approximate surface area is 119 Å². The highest BCUT2D eigenvalue weighted by molar-refractivity contribution is 5.06. The first-order valence-electron chi connectivity index (χ1n) is 8.29. The zero-order valence-corrected chi connectivity index (χ0v) is 13.6. The fourth-order valence-corrected chi connectivity index (χ4v) is 4.13. The van der Waals surface area contributed by atoms with Gasteiger partial charge >= 0.3 is 0 Å². The molecule has 0 aromatic heterocycles. The van der Waals surface area contributed by atoms with E-state index in [-0.39, 0.29) is 0 Å². The maximum atomic E-state index is 5.90. The van der Waals surface area contributed by atoms with Crippen molar-refractivity contribution < 1.29 is 4.74 Å². The summed E-state index contributed by atoms with van der Waals surface area (Å²) >= 11 is 0. The summed E-state index contributed by atoms with van der Waals surface area (Å²) in [6.45, 7) is 12.5. The van der Waals surface area contributed by atoms with Gasteiger partial charge in [0.15, 0.2) is 0 Å². The van der Waals surface area contributed by atoms with Crippen molar-refractivity contribution in [3.05, 3.63) is 0 Å². The van der Waals surface area contributed by atoms with Crippen LogP contribution in [0, 0.1) is 10.8 Å². The summed E-state index contributed by atoms with van der Waals surface area (Å²) in [5.41, 5.74) is 0.874. The van der Waals surface area contributed by atoms with E-state index >= 15 is 0 Å². The molecule has 0 saturated heterocycles. The quantitative estimate of drug-likeness (QED) is 0.808. The molecule has 0 radical (unpaired) electrons. The molecule has 2 saturated carbocycles. The van der Waals surface area contributed by atoms with Gasteiger partial charge < -0.3 is 10.1 Å². The molecule has 19 heavy (non-hydrogen) atoms. The lowest BCUT2D eigenvalue weighted by Gasteiger charge is -2.55. The molecular formula is C17H33NO. The molecule has 112 valence electrons. The van der Waals surface area contributed by atoms with E-state index in [1.807, 2.05) is 0 Å². The van der Waals surface area contributed by atoms with Gasteiger partial charge in [-0.3, -0.25) is 0 Å². The summed E-state index contributed by atoms with van der Waals surface area (Å²) in [5, 5.41) is 3.96. The summed E-state index contributed by atoms with van der Waals surface area (Å²) in [7, 11) is 0. The monoisotopic (exact) mass is 267 g/mol. The minimum atomic E-state index is 0.345. The molecule has 2 aliphatic rings. The highest BCUT2D eigenvalue weighted by Gasteiger charge is 2.51. The van der Waals surface area contributed by atoms with E-state index < -0.39 is 0 Å². The maximum absolute atomic E-state index is 5.90. The lowest BCUT2D eigenvalue weighted by molar-refractivity contribution is -0.129. The predicted octanol–water partition coefficient (Wildman–Crippen LogP) is 4.14. The van der Waals surface area contributed by atoms with Gasteiger partial charge in [0.25, 0.3) is 0 Å². The van der Waals surface area contributed by atoms with Gasteiger partial charge in [-0.2, -0.15) is 0 Å². The molecule has 2 fully saturated rings. The van der Waals surface area contributed by atoms with Crippen LogP contribution in [0.1, 0.15) is 73.1 Å². The van der Waals surface area contributed by atoms with Crippen molar-refractivity contribution in [1.29, 1.82) is 0 Å². The summed E-state index contributed by atoms with van der Waals surface area (Å²) in [4.78, 5) is 0. The smallest absolute Gasteiger partial charge is 0.0658 e. The molecule has 0 aliphatic heterocycles. The second kappa shape index (κ2) is 5.73. The summed E-state index contributed by atoms with van der Waals surface area (Å²) in [6.07, 6.45) is 8.36. The van der Waals surface area contributed by atoms with Crippen LogP contribution in [0.15, 0.2) is 0 Å². The largest absolute Gasteiger partial charge is 0.378 e. The Bertz CT molecular complexity index is 302. The van der Waals surface area contributed by atoms with Gasteiger partial charge in [0.05, 0.1) is 6.10 Å². The van der Waals surface area contributed by atoms with Crippen LogP contribution in [-0.2, 0) is 4.74 Å². The first-order chi connectivity index (χ1) is 8.91. The summed E-state index contributed by atoms with van der Waals surface area (Å²) < 4.78 is 5.90. The third-order valence-electron chi connectivity index (χ3n) is 5.75. The normalized spacial score (nSPS) is 41.8. The van der Waals surface area contributed by atoms with E-state index in [2.05, 4.69) is 39.9 Å². The van der Waals surface area contributed by atoms with Crippen LogP contribution in [-0.4, -0.2) is 24.8 Å². The van der Waals surface area contributed by atoms with Gasteiger partial charge in [0, 0.05) is 24.1 Å². The highest BCUT2D eigenvalue weighted by atomic mass is 16.5. The Morgan fingerprint density at radius 2 is 1.95 bits per heavy atom. The van der Waals surface area contributed by atoms with Crippen LogP contribution in [0.4, 0.5) is 0 Å². The lowest BCUT2D eigenvalue weighted by Crippen LogP contribution is -2.64. The third kappa shape index (κ3) is 3.16. The van der Waals surface area contributed by atoms with Crippen LogP contribution in [0.2, 0.25) is 0 Å². The van der Waals surface area contributed by atoms with E-state index in [0.717, 1.165) is 12.6 Å². The van der Waals surface area contributed by atoms with Gasteiger partial charge in [0.2, 0.25) is 0 Å². The molecule has 0 heterocycles. The van der Waals surface area contributed by atoms with Gasteiger partial charge in [-0.1, -0.05) is 34.1 Å². The summed E-state index contributed by atoms with van der Waals surface area (Å²) in [6, 6.07) is 1.38. The third-order valence-corrected chi connectivity index (χ3v) is 5.75. The summed E-state index contributed by atoms with van der Waals surface area (Å²) in [5.74, 6) is 0. The van der Waals surface area contributed by atoms with E-state index in [4.69, 9.17) is 4.74 Å². The van der Waals surface area contributed by atoms with Crippen molar-refractivity contribution in [2.75, 3.05) is 6.61 Å². The molecule has 0 amide bonds. The molecule has 4 unspecified atom stereocenters. The Hall–Kier alpha value is -0.0800. The van der Waals surface area contributed by atoms with Gasteiger partial charge in [-0.05, 0) is 44.4 Å². The minimum absolute atomic E-state index is 0.345. The Morgan fingerprint density at radius 1 is 1.21 bits per heavy atom. The molecule has 0 aromatic rings. The van der Waals surface area contributed by atoms with Crippen molar-refractivity contribution >= 4 is 0 Å². The van der Waals surface area contributed by atoms with Crippen LogP contribution in [0.25, 0.3) is 0 Å². The van der Waals surface area contributed by atoms with Crippen molar-refractivity contribution in [3.63, 3.8) is 0 Å². The van der Waals surface area contributed by atoms with Crippen molar-refractivity contribution in [2.45, 2.75) is 91.3 Å². The molecular weight excluding hydrogens is 234 g/mol. The topological polar surface area (TPSA) is 21.3 Å². The second-order valence-electron chi connectivity index (χ2n) is 7.72. The number of nitrogens with one attached hydrogen (secondary N) is 1. The van der Waals surface area contributed by atoms with Crippen molar-refractivity contribution in [2.24, 2.45) is 10.8 Å². The molecule has 1 N–H and O–H groups in total. The molecule has 2 rings (SSSR count). The molecule has 2 aliphatic carbocycles. The molecule has 4 atom stereocenters. The zero-order chi connectivity index (χ0) is 14.1. The fraction of sp³-hybridized carbons (Fsp3) is 1.00. The van der Waals surface area contributed by atoms with E-state index in [1.165, 1.54) is 38.5 Å². The fourth-order valence-electron chi connectivity index (χ4n) is 4.13. The van der Waals surface area contributed by atoms with Crippen LogP contribution < -0.4 is 5.32 Å². The molecule has 2 nitrogen and oxygen atoms in total. The zero-order valence-electron chi connectivity index (χ0n) is 13.6. The Morgan fingerprint density at radius 3 is 2.53 bits per heavy atom. The van der Waals surface area contributed by atoms with Crippen LogP contribution in [0.5, 0.6) is 0 Å². The van der Waals surface area contributed by atoms with Crippen molar-refractivity contribution in [1.82, 2.24) is 5.32 Å². The SMILES string of the molecule is CCOC1CC(NC2CCCC(C)(C)C2)C1(C)CC. The van der Waals surface area contributed by atoms with Gasteiger partial charge in [-0.25, -0.2) is 0 Å². The number of rotatable bonds is 5. The van der Waals surface area contributed by atoms with E-state index in [0.29, 0.717) is 23.0 Å². The minimum Gasteiger partial charge on any atom is -0.378 e. The predicted molar refractivity (Wildman–Crippen MR) is 81.4 cm³/mol. The van der Waals surface area contributed by atoms with Crippen LogP contribution in [0.3, 0.4) is 0 Å². The average molecular weight is 267 g/mol. The number of hydrogen-bond donors (Lipinski definition) is 1. The Balaban J connectivity index is 1.90. The first kappa shape index (κ1) is 15.3. The number of hydrogen-bond acceptors (Lipinski definition) is 2. The lowest BCUT2D eigenvalue weighted by atomic mass is 9.61. The standard InChI is InChI=1S/C17H33NO/c1-6-17(5)14(11-15(17)19-7-2)18-13-9-8-10-16(3,4)12-13/h13-15,18H,6-12H2,1-5H3. The first-order valence-corrected chi connectivity index (χ1v) is 8.29. The van der Waals surface area contributed by atoms with Crippen molar-refractivity contribution in [3.8, 4) is 0 Å². The number of ether oxygens (including phenoxy) is 1. The molecule has 0 spiro atoms. The Kier molecular flexibility index (Phi) is 4.62. The van der Waals surface area contributed by atoms with Gasteiger partial charge in [0.1, 0.15) is 0 Å². The average Bonchev–Trinajstić information content (AvgIpc) is 2.35. The molecule has 2 heteroatoms. The van der Waals surface area contributed by atoms with Crippen LogP contribution >= 0.6 is 0 Å². The van der Waals surface area contributed by atoms with E-state index in [9.17, 15) is 0 Å². The molecule has 0 bridgehead atoms.